The summed E-state index contributed by atoms with van der Waals surface area (Å²) in [6.45, 7) is 1.98. The van der Waals surface area contributed by atoms with Gasteiger partial charge < -0.3 is 10.2 Å². The Kier molecular flexibility index (Phi) is 7.77. The van der Waals surface area contributed by atoms with E-state index in [2.05, 4.69) is 16.3 Å². The van der Waals surface area contributed by atoms with Crippen LogP contribution in [0.15, 0.2) is 59.5 Å². The second-order valence-electron chi connectivity index (χ2n) is 7.69. The Balaban J connectivity index is 1.75. The van der Waals surface area contributed by atoms with Crippen LogP contribution in [0.1, 0.15) is 30.1 Å². The second-order valence-corrected chi connectivity index (χ2v) is 9.82. The van der Waals surface area contributed by atoms with E-state index in [-0.39, 0.29) is 23.3 Å². The molecule has 1 fully saturated rings. The molecule has 2 aromatic rings. The van der Waals surface area contributed by atoms with Gasteiger partial charge in [0.1, 0.15) is 11.1 Å². The first-order valence-corrected chi connectivity index (χ1v) is 11.9. The van der Waals surface area contributed by atoms with Gasteiger partial charge in [0, 0.05) is 26.1 Å². The van der Waals surface area contributed by atoms with Crippen LogP contribution in [0.25, 0.3) is 0 Å². The first-order valence-electron chi connectivity index (χ1n) is 10.3. The van der Waals surface area contributed by atoms with Crippen molar-refractivity contribution in [3.8, 4) is 6.07 Å². The van der Waals surface area contributed by atoms with Crippen molar-refractivity contribution in [1.82, 2.24) is 10.2 Å². The molecule has 0 radical (unpaired) electrons. The van der Waals surface area contributed by atoms with E-state index in [0.717, 1.165) is 31.5 Å². The van der Waals surface area contributed by atoms with Gasteiger partial charge in [0.2, 0.25) is 5.91 Å². The number of amides is 1. The highest BCUT2D eigenvalue weighted by atomic mass is 32.2. The molecule has 1 saturated heterocycles. The van der Waals surface area contributed by atoms with Crippen LogP contribution in [0.3, 0.4) is 0 Å². The van der Waals surface area contributed by atoms with Gasteiger partial charge in [-0.1, -0.05) is 30.3 Å². The van der Waals surface area contributed by atoms with E-state index in [4.69, 9.17) is 5.26 Å². The number of rotatable bonds is 8. The highest BCUT2D eigenvalue weighted by Crippen LogP contribution is 2.29. The van der Waals surface area contributed by atoms with Gasteiger partial charge in [0.15, 0.2) is 9.84 Å². The van der Waals surface area contributed by atoms with Gasteiger partial charge in [-0.15, -0.1) is 0 Å². The molecule has 0 saturated carbocycles. The highest BCUT2D eigenvalue weighted by molar-refractivity contribution is 7.91. The number of nitriles is 1. The lowest BCUT2D eigenvalue weighted by atomic mass is 9.97. The number of carbonyl (C=O) groups excluding carboxylic acids is 1. The van der Waals surface area contributed by atoms with Crippen molar-refractivity contribution in [1.29, 1.82) is 5.26 Å². The fourth-order valence-corrected chi connectivity index (χ4v) is 5.54. The molecule has 1 heterocycles. The number of likely N-dealkylation sites (tertiary alicyclic amines) is 1. The molecule has 1 N–H and O–H groups in total. The summed E-state index contributed by atoms with van der Waals surface area (Å²) in [5.41, 5.74) is 0.561. The molecule has 8 heteroatoms. The summed E-state index contributed by atoms with van der Waals surface area (Å²) in [7, 11) is -3.85. The zero-order chi connectivity index (χ0) is 22.3. The lowest BCUT2D eigenvalue weighted by molar-refractivity contribution is -0.126. The molecule has 6 nitrogen and oxygen atoms in total. The van der Waals surface area contributed by atoms with Gasteiger partial charge in [-0.3, -0.25) is 4.79 Å². The van der Waals surface area contributed by atoms with Gasteiger partial charge in [0.25, 0.3) is 0 Å². The maximum Gasteiger partial charge on any atom is 0.224 e. The lowest BCUT2D eigenvalue weighted by Gasteiger charge is -2.31. The van der Waals surface area contributed by atoms with Crippen molar-refractivity contribution in [2.24, 2.45) is 5.92 Å². The van der Waals surface area contributed by atoms with E-state index in [1.807, 2.05) is 0 Å². The maximum absolute atomic E-state index is 13.3. The van der Waals surface area contributed by atoms with Gasteiger partial charge >= 0.3 is 0 Å². The standard InChI is InChI=1S/C23H26FN3O3S/c24-20-9-11-21(12-10-20)31(29,30)22(18-6-2-1-3-7-18)16-26-23(28)19-8-4-14-27(17-19)15-5-13-25/h1-3,6-7,9-12,19,22H,4-5,8,14-17H2,(H,26,28). The zero-order valence-corrected chi connectivity index (χ0v) is 18.0. The van der Waals surface area contributed by atoms with Gasteiger partial charge in [0.05, 0.1) is 16.9 Å². The number of nitrogens with zero attached hydrogens (tertiary/aromatic N) is 2. The SMILES string of the molecule is N#CCCN1CCCC(C(=O)NCC(c2ccccc2)S(=O)(=O)c2ccc(F)cc2)C1. The molecule has 0 aromatic heterocycles. The van der Waals surface area contributed by atoms with Gasteiger partial charge in [-0.25, -0.2) is 12.8 Å². The topological polar surface area (TPSA) is 90.3 Å². The molecule has 164 valence electrons. The fourth-order valence-electron chi connectivity index (χ4n) is 3.88. The smallest absolute Gasteiger partial charge is 0.224 e. The molecule has 0 bridgehead atoms. The molecule has 2 aromatic carbocycles. The van der Waals surface area contributed by atoms with Crippen molar-refractivity contribution in [3.63, 3.8) is 0 Å². The van der Waals surface area contributed by atoms with Crippen LogP contribution >= 0.6 is 0 Å². The second kappa shape index (κ2) is 10.5. The van der Waals surface area contributed by atoms with Crippen molar-refractivity contribution in [2.75, 3.05) is 26.2 Å². The summed E-state index contributed by atoms with van der Waals surface area (Å²) in [5.74, 6) is -0.934. The minimum absolute atomic E-state index is 0.0114. The Labute approximate surface area is 182 Å². The number of nitrogens with one attached hydrogen (secondary N) is 1. The normalized spacial score (nSPS) is 18.1. The Hall–Kier alpha value is -2.76. The van der Waals surface area contributed by atoms with Crippen LogP contribution in [0, 0.1) is 23.1 Å². The predicted octanol–water partition coefficient (Wildman–Crippen LogP) is 3.08. The maximum atomic E-state index is 13.3. The molecule has 31 heavy (non-hydrogen) atoms. The average Bonchev–Trinajstić information content (AvgIpc) is 2.78. The Bertz CT molecular complexity index is 1020. The molecule has 2 unspecified atom stereocenters. The fraction of sp³-hybridized carbons (Fsp3) is 0.391. The van der Waals surface area contributed by atoms with Crippen LogP contribution in [0.2, 0.25) is 0 Å². The number of piperidine rings is 1. The van der Waals surface area contributed by atoms with Crippen molar-refractivity contribution >= 4 is 15.7 Å². The molecule has 3 rings (SSSR count). The van der Waals surface area contributed by atoms with Crippen LogP contribution in [-0.2, 0) is 14.6 Å². The van der Waals surface area contributed by atoms with Crippen molar-refractivity contribution in [2.45, 2.75) is 29.4 Å². The average molecular weight is 444 g/mol. The Morgan fingerprint density at radius 2 is 1.90 bits per heavy atom. The van der Waals surface area contributed by atoms with Crippen LogP contribution in [0.4, 0.5) is 4.39 Å². The number of hydrogen-bond acceptors (Lipinski definition) is 5. The monoisotopic (exact) mass is 443 g/mol. The molecule has 1 aliphatic rings. The molecule has 2 atom stereocenters. The van der Waals surface area contributed by atoms with Gasteiger partial charge in [-0.05, 0) is 49.2 Å². The summed E-state index contributed by atoms with van der Waals surface area (Å²) >= 11 is 0. The first-order chi connectivity index (χ1) is 14.9. The predicted molar refractivity (Wildman–Crippen MR) is 115 cm³/mol. The number of carbonyl (C=O) groups is 1. The Morgan fingerprint density at radius 3 is 2.58 bits per heavy atom. The van der Waals surface area contributed by atoms with Crippen molar-refractivity contribution < 1.29 is 17.6 Å². The summed E-state index contributed by atoms with van der Waals surface area (Å²) in [4.78, 5) is 14.9. The lowest BCUT2D eigenvalue weighted by Crippen LogP contribution is -2.44. The van der Waals surface area contributed by atoms with E-state index in [9.17, 15) is 17.6 Å². The molecular weight excluding hydrogens is 417 g/mol. The van der Waals surface area contributed by atoms with E-state index < -0.39 is 20.9 Å². The molecule has 0 aliphatic carbocycles. The summed E-state index contributed by atoms with van der Waals surface area (Å²) in [5, 5.41) is 10.6. The molecule has 1 aliphatic heterocycles. The third kappa shape index (κ3) is 5.90. The minimum atomic E-state index is -3.85. The summed E-state index contributed by atoms with van der Waals surface area (Å²) in [6.07, 6.45) is 2.01. The van der Waals surface area contributed by atoms with E-state index in [1.54, 1.807) is 30.3 Å². The van der Waals surface area contributed by atoms with Gasteiger partial charge in [-0.2, -0.15) is 5.26 Å². The molecular formula is C23H26FN3O3S. The van der Waals surface area contributed by atoms with E-state index >= 15 is 0 Å². The number of sulfone groups is 1. The van der Waals surface area contributed by atoms with E-state index in [1.165, 1.54) is 12.1 Å². The molecule has 0 spiro atoms. The number of halogens is 1. The summed E-state index contributed by atoms with van der Waals surface area (Å²) < 4.78 is 39.9. The summed E-state index contributed by atoms with van der Waals surface area (Å²) in [6, 6.07) is 15.6. The largest absolute Gasteiger partial charge is 0.354 e. The van der Waals surface area contributed by atoms with Crippen LogP contribution < -0.4 is 5.32 Å². The quantitative estimate of drug-likeness (QED) is 0.633. The minimum Gasteiger partial charge on any atom is -0.354 e. The number of hydrogen-bond donors (Lipinski definition) is 1. The van der Waals surface area contributed by atoms with Crippen LogP contribution in [0.5, 0.6) is 0 Å². The third-order valence-corrected chi connectivity index (χ3v) is 7.68. The number of benzene rings is 2. The van der Waals surface area contributed by atoms with Crippen molar-refractivity contribution in [3.05, 3.63) is 66.0 Å². The first kappa shape index (κ1) is 22.9. The highest BCUT2D eigenvalue weighted by Gasteiger charge is 2.31. The van der Waals surface area contributed by atoms with E-state index in [0.29, 0.717) is 25.1 Å². The zero-order valence-electron chi connectivity index (χ0n) is 17.2. The van der Waals surface area contributed by atoms with Crippen LogP contribution in [-0.4, -0.2) is 45.4 Å². The Morgan fingerprint density at radius 1 is 1.19 bits per heavy atom. The third-order valence-electron chi connectivity index (χ3n) is 5.57. The molecule has 1 amide bonds.